The molecule has 1 amide bonds. The van der Waals surface area contributed by atoms with Gasteiger partial charge in [0.25, 0.3) is 5.91 Å². The largest absolute Gasteiger partial charge is 0.593 e. The summed E-state index contributed by atoms with van der Waals surface area (Å²) in [5.41, 5.74) is -0.796. The van der Waals surface area contributed by atoms with Crippen LogP contribution in [0.5, 0.6) is 11.5 Å². The molecule has 2 aromatic carbocycles. The molecule has 3 aromatic rings. The van der Waals surface area contributed by atoms with Gasteiger partial charge >= 0.3 is 6.18 Å². The van der Waals surface area contributed by atoms with E-state index in [2.05, 4.69) is 20.2 Å². The summed E-state index contributed by atoms with van der Waals surface area (Å²) in [7, 11) is 1.49. The van der Waals surface area contributed by atoms with E-state index in [1.165, 1.54) is 37.4 Å². The molecular weight excluding hydrogens is 459 g/mol. The highest BCUT2D eigenvalue weighted by Gasteiger charge is 2.35. The van der Waals surface area contributed by atoms with Gasteiger partial charge in [-0.25, -0.2) is 0 Å². The number of aromatic nitrogens is 2. The summed E-state index contributed by atoms with van der Waals surface area (Å²) in [5, 5.41) is 18.0. The summed E-state index contributed by atoms with van der Waals surface area (Å²) in [4.78, 5) is 13.2. The van der Waals surface area contributed by atoms with E-state index >= 15 is 0 Å². The molecule has 1 atom stereocenters. The normalized spacial score (nSPS) is 12.0. The van der Waals surface area contributed by atoms with Gasteiger partial charge in [0.15, 0.2) is 22.0 Å². The number of carbonyl (C=O) groups is 1. The fourth-order valence-corrected chi connectivity index (χ4v) is 3.37. The molecule has 0 aliphatic rings. The van der Waals surface area contributed by atoms with Gasteiger partial charge in [-0.3, -0.25) is 4.79 Å². The summed E-state index contributed by atoms with van der Waals surface area (Å²) in [6, 6.07) is 12.9. The van der Waals surface area contributed by atoms with Crippen molar-refractivity contribution in [2.45, 2.75) is 18.0 Å². The van der Waals surface area contributed by atoms with E-state index in [1.54, 1.807) is 19.1 Å². The van der Waals surface area contributed by atoms with Crippen molar-refractivity contribution in [3.05, 3.63) is 71.0 Å². The van der Waals surface area contributed by atoms with Crippen molar-refractivity contribution in [3.8, 4) is 17.6 Å². The third-order valence-corrected chi connectivity index (χ3v) is 5.33. The molecule has 2 N–H and O–H groups in total. The van der Waals surface area contributed by atoms with Gasteiger partial charge in [0.2, 0.25) is 0 Å². The number of alkyl halides is 3. The first-order chi connectivity index (χ1) is 15.6. The second-order valence-corrected chi connectivity index (χ2v) is 8.01. The topological polar surface area (TPSA) is 123 Å². The Balaban J connectivity index is 1.97. The van der Waals surface area contributed by atoms with Crippen LogP contribution in [0, 0.1) is 18.3 Å². The lowest BCUT2D eigenvalue weighted by Crippen LogP contribution is -2.20. The van der Waals surface area contributed by atoms with E-state index < -0.39 is 40.6 Å². The van der Waals surface area contributed by atoms with E-state index in [4.69, 9.17) is 10.00 Å². The van der Waals surface area contributed by atoms with Gasteiger partial charge in [-0.05, 0) is 42.8 Å². The van der Waals surface area contributed by atoms with Gasteiger partial charge in [0.05, 0.1) is 23.0 Å². The van der Waals surface area contributed by atoms with Crippen molar-refractivity contribution in [2.24, 2.45) is 0 Å². The molecule has 33 heavy (non-hydrogen) atoms. The highest BCUT2D eigenvalue weighted by Crippen LogP contribution is 2.33. The van der Waals surface area contributed by atoms with E-state index in [0.29, 0.717) is 22.1 Å². The summed E-state index contributed by atoms with van der Waals surface area (Å²) >= 11 is -1.51. The van der Waals surface area contributed by atoms with Crippen LogP contribution in [0.15, 0.2) is 53.4 Å². The lowest BCUT2D eigenvalue weighted by molar-refractivity contribution is -0.141. The first kappa shape index (κ1) is 24.0. The Morgan fingerprint density at radius 2 is 1.91 bits per heavy atom. The third-order valence-electron chi connectivity index (χ3n) is 4.28. The number of hydrogen-bond acceptors (Lipinski definition) is 7. The zero-order chi connectivity index (χ0) is 24.2. The van der Waals surface area contributed by atoms with Crippen LogP contribution in [0.25, 0.3) is 0 Å². The van der Waals surface area contributed by atoms with Crippen molar-refractivity contribution >= 4 is 23.0 Å². The maximum Gasteiger partial charge on any atom is 0.435 e. The lowest BCUT2D eigenvalue weighted by atomic mass is 10.1. The number of ether oxygens (including phenoxy) is 1. The smallest absolute Gasteiger partial charge is 0.435 e. The number of benzene rings is 2. The minimum Gasteiger partial charge on any atom is -0.593 e. The first-order valence-electron chi connectivity index (χ1n) is 9.26. The summed E-state index contributed by atoms with van der Waals surface area (Å²) < 4.78 is 59.6. The molecule has 1 unspecified atom stereocenters. The molecule has 8 nitrogen and oxygen atoms in total. The Morgan fingerprint density at radius 3 is 2.55 bits per heavy atom. The van der Waals surface area contributed by atoms with Gasteiger partial charge in [-0.1, -0.05) is 6.07 Å². The van der Waals surface area contributed by atoms with Crippen LogP contribution < -0.4 is 14.8 Å². The zero-order valence-corrected chi connectivity index (χ0v) is 18.0. The van der Waals surface area contributed by atoms with Crippen LogP contribution in [0.4, 0.5) is 18.9 Å². The number of halogens is 3. The maximum absolute atomic E-state index is 13.2. The molecular formula is C21H16F3N5O3S. The molecule has 1 heterocycles. The molecule has 3 rings (SSSR count). The number of nitrogens with zero attached hydrogens (tertiary/aromatic N) is 3. The predicted octanol–water partition coefficient (Wildman–Crippen LogP) is 3.96. The van der Waals surface area contributed by atoms with E-state index in [1.807, 2.05) is 6.07 Å². The van der Waals surface area contributed by atoms with Gasteiger partial charge < -0.3 is 14.6 Å². The Labute approximate surface area is 189 Å². The lowest BCUT2D eigenvalue weighted by Gasteiger charge is -2.14. The molecule has 0 saturated carbocycles. The fraction of sp³-hybridized carbons (Fsp3) is 0.143. The Bertz CT molecular complexity index is 1230. The zero-order valence-electron chi connectivity index (χ0n) is 17.2. The number of aryl methyl sites for hydroxylation is 1. The average Bonchev–Trinajstić information content (AvgIpc) is 2.79. The number of nitrogens with one attached hydrogen (secondary N) is 2. The molecule has 0 spiro atoms. The van der Waals surface area contributed by atoms with Crippen LogP contribution in [0.1, 0.15) is 27.3 Å². The monoisotopic (exact) mass is 475 g/mol. The van der Waals surface area contributed by atoms with Crippen molar-refractivity contribution in [2.75, 3.05) is 12.4 Å². The minimum atomic E-state index is -4.81. The number of anilines is 1. The molecule has 0 saturated heterocycles. The number of amides is 1. The minimum absolute atomic E-state index is 0.135. The summed E-state index contributed by atoms with van der Waals surface area (Å²) in [5.74, 6) is -1.22. The molecule has 0 bridgehead atoms. The predicted molar refractivity (Wildman–Crippen MR) is 113 cm³/mol. The highest BCUT2D eigenvalue weighted by molar-refractivity contribution is 7.89. The Morgan fingerprint density at radius 1 is 1.15 bits per heavy atom. The standard InChI is InChI=1S/C21H16F3N5O3S/c1-12-8-13(11-25)6-7-16(12)32-17-10-18(21(22,23)24)28-29-19(17)20(30)27-14-4-3-5-15(9-14)33(31)26-2/h3-10,26H,1-2H3,(H,27,30). The van der Waals surface area contributed by atoms with E-state index in [0.717, 1.165) is 0 Å². The number of nitriles is 1. The van der Waals surface area contributed by atoms with Crippen molar-refractivity contribution in [3.63, 3.8) is 0 Å². The maximum atomic E-state index is 13.2. The Hall–Kier alpha value is -3.66. The molecule has 170 valence electrons. The Kier molecular flexibility index (Phi) is 7.17. The molecule has 1 aromatic heterocycles. The van der Waals surface area contributed by atoms with Crippen LogP contribution >= 0.6 is 0 Å². The molecule has 12 heteroatoms. The van der Waals surface area contributed by atoms with Gasteiger partial charge in [0.1, 0.15) is 5.75 Å². The van der Waals surface area contributed by atoms with E-state index in [-0.39, 0.29) is 11.4 Å². The fourth-order valence-electron chi connectivity index (χ4n) is 2.70. The van der Waals surface area contributed by atoms with Crippen LogP contribution in [0.2, 0.25) is 0 Å². The van der Waals surface area contributed by atoms with E-state index in [9.17, 15) is 22.5 Å². The van der Waals surface area contributed by atoms with Gasteiger partial charge in [-0.15, -0.1) is 14.9 Å². The quantitative estimate of drug-likeness (QED) is 0.517. The number of rotatable bonds is 6. The number of carbonyl (C=O) groups excluding carboxylic acids is 1. The second kappa shape index (κ2) is 9.86. The van der Waals surface area contributed by atoms with Crippen molar-refractivity contribution < 1.29 is 27.3 Å². The van der Waals surface area contributed by atoms with Crippen molar-refractivity contribution in [1.29, 1.82) is 5.26 Å². The van der Waals surface area contributed by atoms with Gasteiger partial charge in [0, 0.05) is 24.9 Å². The van der Waals surface area contributed by atoms with Crippen molar-refractivity contribution in [1.82, 2.24) is 14.9 Å². The third kappa shape index (κ3) is 5.78. The molecule has 0 fully saturated rings. The van der Waals surface area contributed by atoms with Gasteiger partial charge in [-0.2, -0.15) is 18.4 Å². The summed E-state index contributed by atoms with van der Waals surface area (Å²) in [6.45, 7) is 1.60. The van der Waals surface area contributed by atoms with Crippen LogP contribution in [-0.4, -0.2) is 27.7 Å². The van der Waals surface area contributed by atoms with Crippen LogP contribution in [-0.2, 0) is 17.5 Å². The average molecular weight is 475 g/mol. The number of hydrogen-bond donors (Lipinski definition) is 2. The summed E-state index contributed by atoms with van der Waals surface area (Å²) in [6.07, 6.45) is -4.81. The molecule has 0 radical (unpaired) electrons. The molecule has 0 aliphatic carbocycles. The highest BCUT2D eigenvalue weighted by atomic mass is 32.2. The second-order valence-electron chi connectivity index (χ2n) is 6.59. The first-order valence-corrected chi connectivity index (χ1v) is 10.4. The van der Waals surface area contributed by atoms with Crippen LogP contribution in [0.3, 0.4) is 0 Å². The SMILES string of the molecule is CN[S+]([O-])c1cccc(NC(=O)c2nnc(C(F)(F)F)cc2Oc2ccc(C#N)cc2C)c1. The molecule has 0 aliphatic heterocycles.